The van der Waals surface area contributed by atoms with Crippen LogP contribution in [0.25, 0.3) is 11.4 Å². The molecule has 0 saturated carbocycles. The first kappa shape index (κ1) is 26.1. The number of sulfonamides is 1. The molecule has 192 valence electrons. The van der Waals surface area contributed by atoms with Crippen LogP contribution in [0.4, 0.5) is 0 Å². The molecule has 0 radical (unpaired) electrons. The lowest BCUT2D eigenvalue weighted by Gasteiger charge is -2.26. The summed E-state index contributed by atoms with van der Waals surface area (Å²) in [5, 5.41) is 12.3. The Morgan fingerprint density at radius 1 is 1.26 bits per heavy atom. The largest absolute Gasteiger partial charge is 0.379 e. The third-order valence-corrected chi connectivity index (χ3v) is 9.12. The minimum atomic E-state index is -3.63. The van der Waals surface area contributed by atoms with Crippen LogP contribution in [0, 0.1) is 0 Å². The molecule has 4 rings (SSSR count). The van der Waals surface area contributed by atoms with Gasteiger partial charge in [-0.25, -0.2) is 8.42 Å². The fraction of sp³-hybridized carbons (Fsp3) is 0.609. The van der Waals surface area contributed by atoms with Gasteiger partial charge in [0.15, 0.2) is 11.0 Å². The molecule has 1 aromatic carbocycles. The van der Waals surface area contributed by atoms with Crippen molar-refractivity contribution >= 4 is 27.7 Å². The van der Waals surface area contributed by atoms with Crippen LogP contribution >= 0.6 is 11.8 Å². The zero-order valence-electron chi connectivity index (χ0n) is 20.2. The van der Waals surface area contributed by atoms with Gasteiger partial charge < -0.3 is 14.8 Å². The molecule has 1 amide bonds. The summed E-state index contributed by atoms with van der Waals surface area (Å²) in [6.45, 7) is 6.86. The second-order valence-electron chi connectivity index (χ2n) is 8.71. The molecule has 12 heteroatoms. The number of morpholine rings is 1. The standard InChI is InChI=1S/C23H33N5O5S2/c1-3-17(2)28-22(25-26-23(28)34-16-21(29)24-15-19-7-5-11-33-19)18-6-4-8-20(14-18)35(30,31)27-9-12-32-13-10-27/h4,6,8,14,17,19H,3,5,7,9-13,15-16H2,1-2H3,(H,24,29)/t17-,19+/m0/s1. The van der Waals surface area contributed by atoms with Gasteiger partial charge in [-0.3, -0.25) is 9.36 Å². The third kappa shape index (κ3) is 6.23. The number of rotatable bonds is 10. The number of thioether (sulfide) groups is 1. The van der Waals surface area contributed by atoms with E-state index in [9.17, 15) is 13.2 Å². The van der Waals surface area contributed by atoms with E-state index in [4.69, 9.17) is 9.47 Å². The fourth-order valence-electron chi connectivity index (χ4n) is 4.10. The number of nitrogens with zero attached hydrogens (tertiary/aromatic N) is 4. The van der Waals surface area contributed by atoms with Crippen molar-refractivity contribution in [3.8, 4) is 11.4 Å². The lowest BCUT2D eigenvalue weighted by atomic mass is 10.2. The minimum absolute atomic E-state index is 0.0666. The summed E-state index contributed by atoms with van der Waals surface area (Å²) in [6, 6.07) is 6.88. The monoisotopic (exact) mass is 523 g/mol. The van der Waals surface area contributed by atoms with Gasteiger partial charge in [0.2, 0.25) is 15.9 Å². The summed E-state index contributed by atoms with van der Waals surface area (Å²) < 4.78 is 40.6. The summed E-state index contributed by atoms with van der Waals surface area (Å²) in [5.41, 5.74) is 0.668. The van der Waals surface area contributed by atoms with E-state index in [1.807, 2.05) is 10.6 Å². The topological polar surface area (TPSA) is 116 Å². The molecule has 2 atom stereocenters. The highest BCUT2D eigenvalue weighted by atomic mass is 32.2. The predicted octanol–water partition coefficient (Wildman–Crippen LogP) is 2.32. The van der Waals surface area contributed by atoms with Crippen LogP contribution in [0.2, 0.25) is 0 Å². The van der Waals surface area contributed by atoms with E-state index in [0.717, 1.165) is 25.9 Å². The first-order valence-corrected chi connectivity index (χ1v) is 14.5. The van der Waals surface area contributed by atoms with Crippen LogP contribution < -0.4 is 5.32 Å². The molecule has 2 fully saturated rings. The molecule has 0 aliphatic carbocycles. The fourth-order valence-corrected chi connectivity index (χ4v) is 6.42. The van der Waals surface area contributed by atoms with Crippen molar-refractivity contribution in [2.45, 2.75) is 55.3 Å². The average molecular weight is 524 g/mol. The molecule has 3 heterocycles. The number of carbonyl (C=O) groups is 1. The molecular formula is C23H33N5O5S2. The molecule has 2 saturated heterocycles. The molecular weight excluding hydrogens is 490 g/mol. The van der Waals surface area contributed by atoms with Crippen molar-refractivity contribution in [3.05, 3.63) is 24.3 Å². The van der Waals surface area contributed by atoms with Gasteiger partial charge in [0, 0.05) is 37.8 Å². The van der Waals surface area contributed by atoms with Gasteiger partial charge in [0.05, 0.1) is 30.0 Å². The van der Waals surface area contributed by atoms with E-state index >= 15 is 0 Å². The summed E-state index contributed by atoms with van der Waals surface area (Å²) in [4.78, 5) is 12.6. The third-order valence-electron chi connectivity index (χ3n) is 6.28. The van der Waals surface area contributed by atoms with E-state index < -0.39 is 10.0 Å². The highest BCUT2D eigenvalue weighted by Crippen LogP contribution is 2.30. The van der Waals surface area contributed by atoms with Gasteiger partial charge >= 0.3 is 0 Å². The molecule has 2 aromatic rings. The number of benzene rings is 1. The van der Waals surface area contributed by atoms with Crippen molar-refractivity contribution in [2.75, 3.05) is 45.2 Å². The number of aromatic nitrogens is 3. The Bertz CT molecular complexity index is 1110. The molecule has 10 nitrogen and oxygen atoms in total. The Labute approximate surface area is 210 Å². The van der Waals surface area contributed by atoms with Gasteiger partial charge in [-0.15, -0.1) is 10.2 Å². The van der Waals surface area contributed by atoms with Crippen LogP contribution in [-0.4, -0.2) is 84.7 Å². The summed E-state index contributed by atoms with van der Waals surface area (Å²) in [5.74, 6) is 0.720. The molecule has 2 aliphatic heterocycles. The summed E-state index contributed by atoms with van der Waals surface area (Å²) in [6.07, 6.45) is 2.93. The van der Waals surface area contributed by atoms with Gasteiger partial charge in [0.1, 0.15) is 0 Å². The van der Waals surface area contributed by atoms with E-state index in [0.29, 0.717) is 49.4 Å². The smallest absolute Gasteiger partial charge is 0.243 e. The van der Waals surface area contributed by atoms with E-state index in [2.05, 4.69) is 29.4 Å². The first-order valence-electron chi connectivity index (χ1n) is 12.0. The predicted molar refractivity (Wildman–Crippen MR) is 133 cm³/mol. The molecule has 1 aromatic heterocycles. The van der Waals surface area contributed by atoms with Gasteiger partial charge in [-0.1, -0.05) is 30.8 Å². The van der Waals surface area contributed by atoms with Crippen LogP contribution in [0.1, 0.15) is 39.2 Å². The molecule has 1 N–H and O–H groups in total. The van der Waals surface area contributed by atoms with Gasteiger partial charge in [0.25, 0.3) is 0 Å². The van der Waals surface area contributed by atoms with E-state index in [1.54, 1.807) is 18.2 Å². The molecule has 0 unspecified atom stereocenters. The van der Waals surface area contributed by atoms with Crippen LogP contribution in [0.5, 0.6) is 0 Å². The normalized spacial score (nSPS) is 20.1. The SMILES string of the molecule is CC[C@H](C)n1c(SCC(=O)NC[C@H]2CCCO2)nnc1-c1cccc(S(=O)(=O)N2CCOCC2)c1. The van der Waals surface area contributed by atoms with Gasteiger partial charge in [-0.2, -0.15) is 4.31 Å². The molecule has 35 heavy (non-hydrogen) atoms. The Kier molecular flexibility index (Phi) is 8.82. The maximum Gasteiger partial charge on any atom is 0.243 e. The summed E-state index contributed by atoms with van der Waals surface area (Å²) >= 11 is 1.33. The number of hydrogen-bond acceptors (Lipinski definition) is 8. The lowest BCUT2D eigenvalue weighted by Crippen LogP contribution is -2.40. The van der Waals surface area contributed by atoms with Crippen LogP contribution in [0.15, 0.2) is 34.3 Å². The zero-order valence-corrected chi connectivity index (χ0v) is 21.8. The van der Waals surface area contributed by atoms with Crippen molar-refractivity contribution in [1.29, 1.82) is 0 Å². The Morgan fingerprint density at radius 2 is 2.06 bits per heavy atom. The maximum absolute atomic E-state index is 13.2. The number of hydrogen-bond donors (Lipinski definition) is 1. The summed E-state index contributed by atoms with van der Waals surface area (Å²) in [7, 11) is -3.63. The Hall–Kier alpha value is -1.99. The van der Waals surface area contributed by atoms with Crippen LogP contribution in [0.3, 0.4) is 0 Å². The van der Waals surface area contributed by atoms with Gasteiger partial charge in [-0.05, 0) is 38.3 Å². The molecule has 0 spiro atoms. The maximum atomic E-state index is 13.2. The van der Waals surface area contributed by atoms with Crippen molar-refractivity contribution in [3.63, 3.8) is 0 Å². The first-order chi connectivity index (χ1) is 16.9. The lowest BCUT2D eigenvalue weighted by molar-refractivity contribution is -0.119. The average Bonchev–Trinajstić information content (AvgIpc) is 3.56. The number of nitrogens with one attached hydrogen (secondary N) is 1. The van der Waals surface area contributed by atoms with Crippen molar-refractivity contribution in [1.82, 2.24) is 24.4 Å². The minimum Gasteiger partial charge on any atom is -0.379 e. The zero-order chi connectivity index (χ0) is 24.8. The number of ether oxygens (including phenoxy) is 2. The highest BCUT2D eigenvalue weighted by Gasteiger charge is 2.27. The number of carbonyl (C=O) groups excluding carboxylic acids is 1. The van der Waals surface area contributed by atoms with Crippen molar-refractivity contribution < 1.29 is 22.7 Å². The Morgan fingerprint density at radius 3 is 2.77 bits per heavy atom. The number of amides is 1. The second-order valence-corrected chi connectivity index (χ2v) is 11.6. The Balaban J connectivity index is 1.51. The second kappa shape index (κ2) is 11.8. The van der Waals surface area contributed by atoms with Crippen LogP contribution in [-0.2, 0) is 24.3 Å². The van der Waals surface area contributed by atoms with Crippen molar-refractivity contribution in [2.24, 2.45) is 0 Å². The molecule has 0 bridgehead atoms. The highest BCUT2D eigenvalue weighted by molar-refractivity contribution is 7.99. The van der Waals surface area contributed by atoms with E-state index in [-0.39, 0.29) is 28.7 Å². The quantitative estimate of drug-likeness (QED) is 0.472. The molecule has 2 aliphatic rings. The van der Waals surface area contributed by atoms with E-state index in [1.165, 1.54) is 16.1 Å².